The Labute approximate surface area is 128 Å². The van der Waals surface area contributed by atoms with Gasteiger partial charge in [-0.25, -0.2) is 0 Å². The Kier molecular flexibility index (Phi) is 2.21. The van der Waals surface area contributed by atoms with Crippen LogP contribution in [0.2, 0.25) is 0 Å². The van der Waals surface area contributed by atoms with E-state index in [1.54, 1.807) is 0 Å². The van der Waals surface area contributed by atoms with Gasteiger partial charge in [-0.2, -0.15) is 0 Å². The molecule has 0 saturated carbocycles. The molecule has 0 spiro atoms. The average Bonchev–Trinajstić information content (AvgIpc) is 2.94. The normalized spacial score (nSPS) is 11.9. The van der Waals surface area contributed by atoms with Crippen molar-refractivity contribution in [1.82, 2.24) is 4.40 Å². The van der Waals surface area contributed by atoms with Crippen molar-refractivity contribution in [2.24, 2.45) is 0 Å². The lowest BCUT2D eigenvalue weighted by molar-refractivity contribution is 1.34. The van der Waals surface area contributed by atoms with Gasteiger partial charge in [0.2, 0.25) is 0 Å². The van der Waals surface area contributed by atoms with Gasteiger partial charge < -0.3 is 4.40 Å². The predicted octanol–water partition coefficient (Wildman–Crippen LogP) is 5.71. The number of aryl methyl sites for hydroxylation is 1. The lowest BCUT2D eigenvalue weighted by Crippen LogP contribution is -1.90. The molecule has 0 saturated heterocycles. The summed E-state index contributed by atoms with van der Waals surface area (Å²) in [5, 5.41) is 5.25. The number of nitrogens with zero attached hydrogens (tertiary/aromatic N) is 1. The third-order valence-electron chi connectivity index (χ3n) is 4.60. The summed E-state index contributed by atoms with van der Waals surface area (Å²) in [5.74, 6) is 0. The largest absolute Gasteiger partial charge is 0.309 e. The van der Waals surface area contributed by atoms with Crippen molar-refractivity contribution in [3.05, 3.63) is 78.4 Å². The second kappa shape index (κ2) is 4.11. The molecular weight excluding hydrogens is 266 g/mol. The van der Waals surface area contributed by atoms with Crippen molar-refractivity contribution >= 4 is 38.1 Å². The maximum atomic E-state index is 2.40. The summed E-state index contributed by atoms with van der Waals surface area (Å²) in [5.41, 5.74) is 5.14. The number of hydrogen-bond acceptors (Lipinski definition) is 0. The van der Waals surface area contributed by atoms with Crippen LogP contribution in [0.5, 0.6) is 0 Å². The van der Waals surface area contributed by atoms with E-state index in [1.807, 2.05) is 0 Å². The first-order chi connectivity index (χ1) is 10.8. The van der Waals surface area contributed by atoms with Crippen LogP contribution in [0.3, 0.4) is 0 Å². The van der Waals surface area contributed by atoms with Gasteiger partial charge >= 0.3 is 0 Å². The van der Waals surface area contributed by atoms with Crippen molar-refractivity contribution in [2.45, 2.75) is 6.92 Å². The van der Waals surface area contributed by atoms with Crippen molar-refractivity contribution in [3.63, 3.8) is 0 Å². The molecule has 0 amide bonds. The van der Waals surface area contributed by atoms with E-state index >= 15 is 0 Å². The number of para-hydroxylation sites is 1. The van der Waals surface area contributed by atoms with Crippen molar-refractivity contribution in [1.29, 1.82) is 0 Å². The molecule has 0 aliphatic heterocycles. The predicted molar refractivity (Wildman–Crippen MR) is 94.7 cm³/mol. The lowest BCUT2D eigenvalue weighted by Gasteiger charge is -2.09. The molecular formula is C21H15N. The Bertz CT molecular complexity index is 1180. The average molecular weight is 281 g/mol. The van der Waals surface area contributed by atoms with Crippen LogP contribution in [0.4, 0.5) is 0 Å². The zero-order valence-electron chi connectivity index (χ0n) is 12.4. The van der Waals surface area contributed by atoms with Gasteiger partial charge in [-0.15, -0.1) is 0 Å². The standard InChI is InChI=1S/C21H15N/c1-14-10-11-19-15(12-14)13-21-18-8-3-2-6-16(18)17-7-4-5-9-20(17)22(19)21/h2-13H,1H3. The molecule has 0 radical (unpaired) electrons. The molecule has 0 bridgehead atoms. The summed E-state index contributed by atoms with van der Waals surface area (Å²) < 4.78 is 2.40. The molecule has 1 nitrogen and oxygen atoms in total. The first-order valence-corrected chi connectivity index (χ1v) is 7.64. The molecule has 104 valence electrons. The molecule has 5 rings (SSSR count). The fraction of sp³-hybridized carbons (Fsp3) is 0.0476. The third kappa shape index (κ3) is 1.43. The number of aromatic nitrogens is 1. The van der Waals surface area contributed by atoms with Crippen LogP contribution < -0.4 is 0 Å². The van der Waals surface area contributed by atoms with Crippen molar-refractivity contribution < 1.29 is 0 Å². The molecule has 5 aromatic rings. The second-order valence-corrected chi connectivity index (χ2v) is 5.99. The molecule has 0 aliphatic carbocycles. The van der Waals surface area contributed by atoms with Gasteiger partial charge in [0.1, 0.15) is 0 Å². The maximum Gasteiger partial charge on any atom is 0.0547 e. The van der Waals surface area contributed by atoms with Gasteiger partial charge in [0.15, 0.2) is 0 Å². The molecule has 2 aromatic heterocycles. The highest BCUT2D eigenvalue weighted by atomic mass is 14.9. The first kappa shape index (κ1) is 11.8. The molecule has 3 aromatic carbocycles. The van der Waals surface area contributed by atoms with Crippen molar-refractivity contribution in [3.8, 4) is 0 Å². The fourth-order valence-corrected chi connectivity index (χ4v) is 3.63. The highest BCUT2D eigenvalue weighted by Crippen LogP contribution is 2.33. The van der Waals surface area contributed by atoms with E-state index < -0.39 is 0 Å². The molecule has 0 atom stereocenters. The van der Waals surface area contributed by atoms with Gasteiger partial charge in [-0.05, 0) is 36.6 Å². The van der Waals surface area contributed by atoms with Gasteiger partial charge in [0.25, 0.3) is 0 Å². The van der Waals surface area contributed by atoms with Crippen LogP contribution in [-0.2, 0) is 0 Å². The molecule has 0 N–H and O–H groups in total. The monoisotopic (exact) mass is 281 g/mol. The second-order valence-electron chi connectivity index (χ2n) is 5.99. The Morgan fingerprint density at radius 1 is 0.591 bits per heavy atom. The number of benzene rings is 3. The minimum atomic E-state index is 1.27. The van der Waals surface area contributed by atoms with E-state index in [0.717, 1.165) is 0 Å². The number of rotatable bonds is 0. The van der Waals surface area contributed by atoms with Gasteiger partial charge in [0.05, 0.1) is 16.6 Å². The minimum Gasteiger partial charge on any atom is -0.309 e. The summed E-state index contributed by atoms with van der Waals surface area (Å²) >= 11 is 0. The smallest absolute Gasteiger partial charge is 0.0547 e. The van der Waals surface area contributed by atoms with Gasteiger partial charge in [-0.1, -0.05) is 54.1 Å². The Morgan fingerprint density at radius 3 is 2.09 bits per heavy atom. The summed E-state index contributed by atoms with van der Waals surface area (Å²) in [6, 6.07) is 26.4. The van der Waals surface area contributed by atoms with E-state index in [9.17, 15) is 0 Å². The molecule has 22 heavy (non-hydrogen) atoms. The fourth-order valence-electron chi connectivity index (χ4n) is 3.63. The quantitative estimate of drug-likeness (QED) is 0.320. The van der Waals surface area contributed by atoms with E-state index in [0.29, 0.717) is 0 Å². The topological polar surface area (TPSA) is 4.41 Å². The molecule has 0 unspecified atom stereocenters. The van der Waals surface area contributed by atoms with Crippen LogP contribution in [0, 0.1) is 6.92 Å². The zero-order valence-corrected chi connectivity index (χ0v) is 12.4. The van der Waals surface area contributed by atoms with E-state index in [2.05, 4.69) is 84.1 Å². The molecule has 2 heterocycles. The summed E-state index contributed by atoms with van der Waals surface area (Å²) in [6.45, 7) is 2.15. The maximum absolute atomic E-state index is 2.40. The summed E-state index contributed by atoms with van der Waals surface area (Å²) in [6.07, 6.45) is 0. The van der Waals surface area contributed by atoms with E-state index in [1.165, 1.54) is 43.7 Å². The Morgan fingerprint density at radius 2 is 1.27 bits per heavy atom. The molecule has 0 fully saturated rings. The number of fused-ring (bicyclic) bond motifs is 8. The van der Waals surface area contributed by atoms with Crippen LogP contribution in [0.1, 0.15) is 5.56 Å². The highest BCUT2D eigenvalue weighted by molar-refractivity contribution is 6.15. The number of hydrogen-bond donors (Lipinski definition) is 0. The Balaban J connectivity index is 2.21. The van der Waals surface area contributed by atoms with Crippen LogP contribution >= 0.6 is 0 Å². The summed E-state index contributed by atoms with van der Waals surface area (Å²) in [7, 11) is 0. The zero-order chi connectivity index (χ0) is 14.7. The van der Waals surface area contributed by atoms with Gasteiger partial charge in [0, 0.05) is 16.2 Å². The van der Waals surface area contributed by atoms with Crippen LogP contribution in [0.15, 0.2) is 72.8 Å². The molecule has 1 heteroatoms. The summed E-state index contributed by atoms with van der Waals surface area (Å²) in [4.78, 5) is 0. The van der Waals surface area contributed by atoms with E-state index in [4.69, 9.17) is 0 Å². The minimum absolute atomic E-state index is 1.27. The highest BCUT2D eigenvalue weighted by Gasteiger charge is 2.11. The third-order valence-corrected chi connectivity index (χ3v) is 4.60. The number of pyridine rings is 1. The Hall–Kier alpha value is -2.80. The van der Waals surface area contributed by atoms with Crippen LogP contribution in [0.25, 0.3) is 38.1 Å². The van der Waals surface area contributed by atoms with Crippen molar-refractivity contribution in [2.75, 3.05) is 0 Å². The van der Waals surface area contributed by atoms with Crippen LogP contribution in [-0.4, -0.2) is 4.40 Å². The van der Waals surface area contributed by atoms with E-state index in [-0.39, 0.29) is 0 Å². The lowest BCUT2D eigenvalue weighted by atomic mass is 10.1. The molecule has 0 aliphatic rings. The SMILES string of the molecule is Cc1ccc2c(c1)cc1c3ccccc3c3ccccc3n21. The first-order valence-electron chi connectivity index (χ1n) is 7.64. The van der Waals surface area contributed by atoms with Gasteiger partial charge in [-0.3, -0.25) is 0 Å².